The molecule has 0 unspecified atom stereocenters. The van der Waals surface area contributed by atoms with Gasteiger partial charge in [0.15, 0.2) is 5.78 Å². The molecule has 0 aromatic rings. The Morgan fingerprint density at radius 2 is 1.71 bits per heavy atom. The van der Waals surface area contributed by atoms with Crippen LogP contribution < -0.4 is 0 Å². The molecule has 158 valence electrons. The Labute approximate surface area is 165 Å². The molecule has 4 aliphatic carbocycles. The van der Waals surface area contributed by atoms with Crippen LogP contribution in [-0.2, 0) is 4.79 Å². The Morgan fingerprint density at radius 3 is 2.25 bits per heavy atom. The summed E-state index contributed by atoms with van der Waals surface area (Å²) in [5.41, 5.74) is -4.57. The van der Waals surface area contributed by atoms with E-state index in [0.29, 0.717) is 11.1 Å². The summed E-state index contributed by atoms with van der Waals surface area (Å²) in [6.07, 6.45) is 2.08. The standard InChI is InChI=1S/C20H28O6.CH4O/c1-9-5-13-18(24,15(9)22)7-11(8-21)6-12-14-17(3,4)20(14,26)16(23)10(2)19(12,13)25;1-2/h5-6,10,12-14,16,21,23-26H,7-8H2,1-4H3;2H,1H3/t10-,12+,13-,14-,16-,18+,19+,20+;/m1./s1. The zero-order valence-corrected chi connectivity index (χ0v) is 17.0. The van der Waals surface area contributed by atoms with Crippen molar-refractivity contribution < 1.29 is 35.4 Å². The molecule has 0 saturated heterocycles. The molecular weight excluding hydrogens is 364 g/mol. The van der Waals surface area contributed by atoms with Gasteiger partial charge < -0.3 is 30.6 Å². The first-order valence-corrected chi connectivity index (χ1v) is 9.72. The molecule has 2 fully saturated rings. The normalized spacial score (nSPS) is 50.8. The average Bonchev–Trinajstić information content (AvgIpc) is 3.06. The van der Waals surface area contributed by atoms with Crippen LogP contribution in [0.25, 0.3) is 0 Å². The van der Waals surface area contributed by atoms with Crippen LogP contribution in [0.4, 0.5) is 0 Å². The first-order valence-electron chi connectivity index (χ1n) is 9.72. The third-order valence-corrected chi connectivity index (χ3v) is 8.04. The second-order valence-electron chi connectivity index (χ2n) is 9.41. The van der Waals surface area contributed by atoms with E-state index in [2.05, 4.69) is 0 Å². The van der Waals surface area contributed by atoms with E-state index in [9.17, 15) is 30.3 Å². The highest BCUT2D eigenvalue weighted by molar-refractivity contribution is 6.04. The Balaban J connectivity index is 0.00000109. The molecule has 0 radical (unpaired) electrons. The molecule has 7 nitrogen and oxygen atoms in total. The molecule has 7 heteroatoms. The van der Waals surface area contributed by atoms with Gasteiger partial charge in [-0.05, 0) is 18.1 Å². The van der Waals surface area contributed by atoms with Gasteiger partial charge in [-0.3, -0.25) is 4.79 Å². The number of Topliss-reactive ketones (excluding diaryl/α,β-unsaturated/α-hetero) is 1. The van der Waals surface area contributed by atoms with Crippen molar-refractivity contribution in [1.82, 2.24) is 0 Å². The maximum atomic E-state index is 12.7. The predicted octanol–water partition coefficient (Wildman–Crippen LogP) is -0.461. The zero-order valence-electron chi connectivity index (χ0n) is 17.0. The van der Waals surface area contributed by atoms with Crippen LogP contribution in [0.15, 0.2) is 23.3 Å². The van der Waals surface area contributed by atoms with Gasteiger partial charge in [-0.25, -0.2) is 0 Å². The fourth-order valence-corrected chi connectivity index (χ4v) is 6.45. The predicted molar refractivity (Wildman–Crippen MR) is 101 cm³/mol. The van der Waals surface area contributed by atoms with E-state index in [-0.39, 0.29) is 13.0 Å². The van der Waals surface area contributed by atoms with Crippen molar-refractivity contribution in [3.8, 4) is 0 Å². The smallest absolute Gasteiger partial charge is 0.190 e. The molecular formula is C21H32O7. The maximum absolute atomic E-state index is 12.7. The minimum Gasteiger partial charge on any atom is -0.400 e. The molecule has 0 heterocycles. The summed E-state index contributed by atoms with van der Waals surface area (Å²) in [6, 6.07) is 0. The van der Waals surface area contributed by atoms with E-state index < -0.39 is 57.8 Å². The van der Waals surface area contributed by atoms with E-state index in [0.717, 1.165) is 7.11 Å². The number of carbonyl (C=O) groups excluding carboxylic acids is 1. The Hall–Kier alpha value is -1.09. The average molecular weight is 396 g/mol. The zero-order chi connectivity index (χ0) is 21.4. The first kappa shape index (κ1) is 21.6. The second kappa shape index (κ2) is 6.20. The lowest BCUT2D eigenvalue weighted by molar-refractivity contribution is -0.209. The van der Waals surface area contributed by atoms with Crippen LogP contribution in [0, 0.1) is 29.1 Å². The second-order valence-corrected chi connectivity index (χ2v) is 9.41. The molecule has 0 bridgehead atoms. The van der Waals surface area contributed by atoms with Gasteiger partial charge in [0, 0.05) is 42.6 Å². The third-order valence-electron chi connectivity index (χ3n) is 8.04. The van der Waals surface area contributed by atoms with Gasteiger partial charge in [-0.2, -0.15) is 0 Å². The monoisotopic (exact) mass is 396 g/mol. The van der Waals surface area contributed by atoms with Crippen LogP contribution in [-0.4, -0.2) is 73.0 Å². The number of aliphatic hydroxyl groups excluding tert-OH is 3. The number of carbonyl (C=O) groups is 1. The van der Waals surface area contributed by atoms with E-state index in [1.807, 2.05) is 13.8 Å². The van der Waals surface area contributed by atoms with Gasteiger partial charge in [0.2, 0.25) is 0 Å². The first-order chi connectivity index (χ1) is 12.9. The van der Waals surface area contributed by atoms with E-state index in [1.165, 1.54) is 0 Å². The number of hydrogen-bond acceptors (Lipinski definition) is 7. The number of ketones is 1. The summed E-state index contributed by atoms with van der Waals surface area (Å²) >= 11 is 0. The molecule has 0 amide bonds. The van der Waals surface area contributed by atoms with Gasteiger partial charge in [0.1, 0.15) is 11.2 Å². The summed E-state index contributed by atoms with van der Waals surface area (Å²) in [5.74, 6) is -3.14. The Morgan fingerprint density at radius 1 is 1.14 bits per heavy atom. The highest BCUT2D eigenvalue weighted by Crippen LogP contribution is 2.74. The number of fused-ring (bicyclic) bond motifs is 5. The van der Waals surface area contributed by atoms with E-state index in [1.54, 1.807) is 26.0 Å². The summed E-state index contributed by atoms with van der Waals surface area (Å²) in [4.78, 5) is 12.7. The van der Waals surface area contributed by atoms with Crippen molar-refractivity contribution in [3.63, 3.8) is 0 Å². The van der Waals surface area contributed by atoms with Crippen molar-refractivity contribution in [2.45, 2.75) is 57.0 Å². The van der Waals surface area contributed by atoms with Gasteiger partial charge >= 0.3 is 0 Å². The minimum absolute atomic E-state index is 0.0615. The van der Waals surface area contributed by atoms with Gasteiger partial charge in [-0.15, -0.1) is 0 Å². The summed E-state index contributed by atoms with van der Waals surface area (Å²) in [6.45, 7) is 6.63. The molecule has 4 aliphatic rings. The molecule has 28 heavy (non-hydrogen) atoms. The Bertz CT molecular complexity index is 756. The third kappa shape index (κ3) is 2.18. The van der Waals surface area contributed by atoms with E-state index in [4.69, 9.17) is 5.11 Å². The highest BCUT2D eigenvalue weighted by atomic mass is 16.4. The lowest BCUT2D eigenvalue weighted by atomic mass is 9.59. The fraction of sp³-hybridized carbons (Fsp3) is 0.762. The highest BCUT2D eigenvalue weighted by Gasteiger charge is 2.84. The van der Waals surface area contributed by atoms with Crippen LogP contribution >= 0.6 is 0 Å². The molecule has 0 aliphatic heterocycles. The van der Waals surface area contributed by atoms with Crippen LogP contribution in [0.2, 0.25) is 0 Å². The van der Waals surface area contributed by atoms with Crippen molar-refractivity contribution in [1.29, 1.82) is 0 Å². The number of aliphatic hydroxyl groups is 6. The van der Waals surface area contributed by atoms with Crippen molar-refractivity contribution in [3.05, 3.63) is 23.3 Å². The van der Waals surface area contributed by atoms with Crippen molar-refractivity contribution in [2.75, 3.05) is 13.7 Å². The SMILES string of the molecule is CC1=C[C@H]2[C@]3(O)[C@H](C)[C@@H](O)[C@@]4(O)[C@H]([C@@H]3C=C(CO)C[C@@]2(O)C1=O)C4(C)C.CO. The topological polar surface area (TPSA) is 138 Å². The molecule has 0 spiro atoms. The molecule has 8 atom stereocenters. The largest absolute Gasteiger partial charge is 0.400 e. The molecule has 0 aromatic heterocycles. The molecule has 4 rings (SSSR count). The quantitative estimate of drug-likeness (QED) is 0.330. The minimum atomic E-state index is -1.84. The number of hydrogen-bond donors (Lipinski definition) is 6. The summed E-state index contributed by atoms with van der Waals surface area (Å²) in [5, 5.41) is 61.9. The Kier molecular flexibility index (Phi) is 4.79. The lowest BCUT2D eigenvalue weighted by Gasteiger charge is -2.51. The van der Waals surface area contributed by atoms with Gasteiger partial charge in [0.05, 0.1) is 18.3 Å². The van der Waals surface area contributed by atoms with Crippen LogP contribution in [0.1, 0.15) is 34.1 Å². The van der Waals surface area contributed by atoms with Crippen LogP contribution in [0.3, 0.4) is 0 Å². The van der Waals surface area contributed by atoms with Gasteiger partial charge in [-0.1, -0.05) is 32.9 Å². The van der Waals surface area contributed by atoms with Crippen molar-refractivity contribution >= 4 is 5.78 Å². The lowest BCUT2D eigenvalue weighted by Crippen LogP contribution is -2.65. The molecule has 0 aromatic carbocycles. The number of rotatable bonds is 1. The van der Waals surface area contributed by atoms with E-state index >= 15 is 0 Å². The van der Waals surface area contributed by atoms with Gasteiger partial charge in [0.25, 0.3) is 0 Å². The maximum Gasteiger partial charge on any atom is 0.190 e. The summed E-state index contributed by atoms with van der Waals surface area (Å²) < 4.78 is 0. The fourth-order valence-electron chi connectivity index (χ4n) is 6.45. The van der Waals surface area contributed by atoms with Crippen molar-refractivity contribution in [2.24, 2.45) is 29.1 Å². The molecule has 6 N–H and O–H groups in total. The summed E-state index contributed by atoms with van der Waals surface area (Å²) in [7, 11) is 1.00. The molecule has 2 saturated carbocycles. The van der Waals surface area contributed by atoms with Crippen LogP contribution in [0.5, 0.6) is 0 Å².